The van der Waals surface area contributed by atoms with Gasteiger partial charge in [-0.05, 0) is 42.2 Å². The molecule has 0 spiro atoms. The first kappa shape index (κ1) is 15.8. The Labute approximate surface area is 132 Å². The molecule has 0 aromatic heterocycles. The number of aliphatic carboxylic acids is 1. The average Bonchev–Trinajstić information content (AvgIpc) is 2.44. The standard InChI is InChI=1S/C16H13Cl2FO2/c17-13-6-5-10(8-14(13)18)7-12(16(20)21)9-11-3-1-2-4-15(11)19/h1-6,8,12H,7,9H2,(H,20,21). The van der Waals surface area contributed by atoms with E-state index in [4.69, 9.17) is 23.2 Å². The molecule has 0 aliphatic rings. The third-order valence-electron chi connectivity index (χ3n) is 3.24. The molecule has 0 aliphatic carbocycles. The van der Waals surface area contributed by atoms with Gasteiger partial charge in [-0.2, -0.15) is 0 Å². The maximum Gasteiger partial charge on any atom is 0.307 e. The van der Waals surface area contributed by atoms with Crippen molar-refractivity contribution in [1.29, 1.82) is 0 Å². The predicted molar refractivity (Wildman–Crippen MR) is 81.4 cm³/mol. The van der Waals surface area contributed by atoms with Gasteiger partial charge in [0.1, 0.15) is 5.82 Å². The van der Waals surface area contributed by atoms with Crippen molar-refractivity contribution in [2.45, 2.75) is 12.8 Å². The van der Waals surface area contributed by atoms with E-state index in [1.807, 2.05) is 0 Å². The summed E-state index contributed by atoms with van der Waals surface area (Å²) in [6.07, 6.45) is 0.392. The van der Waals surface area contributed by atoms with Crippen molar-refractivity contribution in [1.82, 2.24) is 0 Å². The maximum atomic E-state index is 13.6. The van der Waals surface area contributed by atoms with Crippen LogP contribution in [0.15, 0.2) is 42.5 Å². The van der Waals surface area contributed by atoms with Crippen LogP contribution in [0.25, 0.3) is 0 Å². The van der Waals surface area contributed by atoms with Crippen LogP contribution in [-0.4, -0.2) is 11.1 Å². The van der Waals surface area contributed by atoms with Gasteiger partial charge in [-0.1, -0.05) is 47.5 Å². The van der Waals surface area contributed by atoms with Gasteiger partial charge in [0, 0.05) is 0 Å². The number of hydrogen-bond donors (Lipinski definition) is 1. The summed E-state index contributed by atoms with van der Waals surface area (Å²) < 4.78 is 13.6. The largest absolute Gasteiger partial charge is 0.481 e. The summed E-state index contributed by atoms with van der Waals surface area (Å²) in [5, 5.41) is 10.1. The van der Waals surface area contributed by atoms with Crippen LogP contribution in [0.4, 0.5) is 4.39 Å². The Morgan fingerprint density at radius 1 is 1.10 bits per heavy atom. The summed E-state index contributed by atoms with van der Waals surface area (Å²) in [5.41, 5.74) is 1.15. The molecule has 0 saturated heterocycles. The highest BCUT2D eigenvalue weighted by Crippen LogP contribution is 2.25. The quantitative estimate of drug-likeness (QED) is 0.870. The van der Waals surface area contributed by atoms with Gasteiger partial charge in [0.2, 0.25) is 0 Å². The second-order valence-corrected chi connectivity index (χ2v) is 5.60. The summed E-state index contributed by atoms with van der Waals surface area (Å²) >= 11 is 11.8. The van der Waals surface area contributed by atoms with Gasteiger partial charge in [-0.15, -0.1) is 0 Å². The fourth-order valence-electron chi connectivity index (χ4n) is 2.13. The van der Waals surface area contributed by atoms with E-state index in [0.29, 0.717) is 15.6 Å². The maximum absolute atomic E-state index is 13.6. The fraction of sp³-hybridized carbons (Fsp3) is 0.188. The van der Waals surface area contributed by atoms with Gasteiger partial charge < -0.3 is 5.11 Å². The molecule has 1 atom stereocenters. The smallest absolute Gasteiger partial charge is 0.307 e. The average molecular weight is 327 g/mol. The number of carbonyl (C=O) groups is 1. The Morgan fingerprint density at radius 2 is 1.81 bits per heavy atom. The third kappa shape index (κ3) is 4.19. The van der Waals surface area contributed by atoms with E-state index >= 15 is 0 Å². The van der Waals surface area contributed by atoms with E-state index in [1.165, 1.54) is 6.07 Å². The molecular formula is C16H13Cl2FO2. The monoisotopic (exact) mass is 326 g/mol. The topological polar surface area (TPSA) is 37.3 Å². The molecule has 1 N–H and O–H groups in total. The molecule has 0 fully saturated rings. The highest BCUT2D eigenvalue weighted by Gasteiger charge is 2.20. The lowest BCUT2D eigenvalue weighted by Gasteiger charge is -2.13. The minimum atomic E-state index is -0.968. The minimum absolute atomic E-state index is 0.127. The Kier molecular flexibility index (Phi) is 5.21. The van der Waals surface area contributed by atoms with Crippen LogP contribution in [0.3, 0.4) is 0 Å². The van der Waals surface area contributed by atoms with Crippen LogP contribution in [0.2, 0.25) is 10.0 Å². The first-order chi connectivity index (χ1) is 9.97. The highest BCUT2D eigenvalue weighted by atomic mass is 35.5. The second-order valence-electron chi connectivity index (χ2n) is 4.78. The van der Waals surface area contributed by atoms with E-state index in [9.17, 15) is 14.3 Å². The normalized spacial score (nSPS) is 12.1. The van der Waals surface area contributed by atoms with Crippen LogP contribution in [-0.2, 0) is 17.6 Å². The van der Waals surface area contributed by atoms with E-state index in [-0.39, 0.29) is 12.8 Å². The van der Waals surface area contributed by atoms with Crippen molar-refractivity contribution in [2.24, 2.45) is 5.92 Å². The van der Waals surface area contributed by atoms with Crippen LogP contribution in [0, 0.1) is 11.7 Å². The number of benzene rings is 2. The van der Waals surface area contributed by atoms with Gasteiger partial charge in [-0.3, -0.25) is 4.79 Å². The molecule has 2 aromatic carbocycles. The van der Waals surface area contributed by atoms with Crippen molar-refractivity contribution >= 4 is 29.2 Å². The Hall–Kier alpha value is -1.58. The lowest BCUT2D eigenvalue weighted by atomic mass is 9.92. The molecule has 110 valence electrons. The minimum Gasteiger partial charge on any atom is -0.481 e. The zero-order valence-corrected chi connectivity index (χ0v) is 12.5. The molecule has 0 aliphatic heterocycles. The lowest BCUT2D eigenvalue weighted by molar-refractivity contribution is -0.141. The van der Waals surface area contributed by atoms with Gasteiger partial charge in [-0.25, -0.2) is 4.39 Å². The van der Waals surface area contributed by atoms with E-state index in [1.54, 1.807) is 36.4 Å². The SMILES string of the molecule is O=C(O)C(Cc1ccc(Cl)c(Cl)c1)Cc1ccccc1F. The summed E-state index contributed by atoms with van der Waals surface area (Å²) in [4.78, 5) is 11.4. The lowest BCUT2D eigenvalue weighted by Crippen LogP contribution is -2.19. The molecule has 1 unspecified atom stereocenters. The van der Waals surface area contributed by atoms with Crippen LogP contribution in [0.5, 0.6) is 0 Å². The van der Waals surface area contributed by atoms with Crippen LogP contribution >= 0.6 is 23.2 Å². The number of carboxylic acids is 1. The summed E-state index contributed by atoms with van der Waals surface area (Å²) in [6.45, 7) is 0. The molecule has 5 heteroatoms. The molecule has 0 heterocycles. The van der Waals surface area contributed by atoms with Crippen molar-refractivity contribution in [3.05, 3.63) is 69.5 Å². The van der Waals surface area contributed by atoms with Crippen LogP contribution < -0.4 is 0 Å². The van der Waals surface area contributed by atoms with Gasteiger partial charge in [0.15, 0.2) is 0 Å². The number of halogens is 3. The van der Waals surface area contributed by atoms with Crippen molar-refractivity contribution in [3.8, 4) is 0 Å². The number of hydrogen-bond acceptors (Lipinski definition) is 1. The van der Waals surface area contributed by atoms with E-state index in [2.05, 4.69) is 0 Å². The molecular weight excluding hydrogens is 314 g/mol. The summed E-state index contributed by atoms with van der Waals surface area (Å²) in [5.74, 6) is -2.08. The van der Waals surface area contributed by atoms with E-state index in [0.717, 1.165) is 5.56 Å². The highest BCUT2D eigenvalue weighted by molar-refractivity contribution is 6.42. The first-order valence-electron chi connectivity index (χ1n) is 6.37. The first-order valence-corrected chi connectivity index (χ1v) is 7.13. The number of rotatable bonds is 5. The molecule has 0 radical (unpaired) electrons. The van der Waals surface area contributed by atoms with Gasteiger partial charge in [0.05, 0.1) is 16.0 Å². The molecule has 0 saturated carbocycles. The molecule has 2 nitrogen and oxygen atoms in total. The summed E-state index contributed by atoms with van der Waals surface area (Å²) in [6, 6.07) is 11.2. The third-order valence-corrected chi connectivity index (χ3v) is 3.98. The Morgan fingerprint density at radius 3 is 2.43 bits per heavy atom. The molecule has 0 bridgehead atoms. The Balaban J connectivity index is 2.18. The van der Waals surface area contributed by atoms with Crippen molar-refractivity contribution in [2.75, 3.05) is 0 Å². The predicted octanol–water partition coefficient (Wildman–Crippen LogP) is 4.62. The Bertz CT molecular complexity index is 658. The molecule has 2 rings (SSSR count). The molecule has 2 aromatic rings. The molecule has 21 heavy (non-hydrogen) atoms. The molecule has 0 amide bonds. The van der Waals surface area contributed by atoms with Crippen molar-refractivity contribution < 1.29 is 14.3 Å². The van der Waals surface area contributed by atoms with E-state index < -0.39 is 17.7 Å². The number of carboxylic acid groups (broad SMARTS) is 1. The van der Waals surface area contributed by atoms with Crippen LogP contribution in [0.1, 0.15) is 11.1 Å². The zero-order chi connectivity index (χ0) is 15.4. The van der Waals surface area contributed by atoms with Crippen molar-refractivity contribution in [3.63, 3.8) is 0 Å². The second kappa shape index (κ2) is 6.92. The fourth-order valence-corrected chi connectivity index (χ4v) is 2.45. The summed E-state index contributed by atoms with van der Waals surface area (Å²) in [7, 11) is 0. The van der Waals surface area contributed by atoms with Gasteiger partial charge >= 0.3 is 5.97 Å². The van der Waals surface area contributed by atoms with Gasteiger partial charge in [0.25, 0.3) is 0 Å². The zero-order valence-electron chi connectivity index (χ0n) is 11.0.